The van der Waals surface area contributed by atoms with E-state index in [4.69, 9.17) is 10.6 Å². The number of morpholine rings is 1. The molecule has 3 heterocycles. The minimum absolute atomic E-state index is 0.338. The molecule has 3 rings (SSSR count). The van der Waals surface area contributed by atoms with Gasteiger partial charge in [0.15, 0.2) is 0 Å². The van der Waals surface area contributed by atoms with E-state index in [0.29, 0.717) is 30.3 Å². The second kappa shape index (κ2) is 6.66. The van der Waals surface area contributed by atoms with Crippen molar-refractivity contribution in [2.75, 3.05) is 36.6 Å². The van der Waals surface area contributed by atoms with Gasteiger partial charge in [0.25, 0.3) is 0 Å². The van der Waals surface area contributed by atoms with Crippen molar-refractivity contribution >= 4 is 23.7 Å². The summed E-state index contributed by atoms with van der Waals surface area (Å²) in [4.78, 5) is 19.3. The Kier molecular flexibility index (Phi) is 4.43. The minimum Gasteiger partial charge on any atom is -0.378 e. The summed E-state index contributed by atoms with van der Waals surface area (Å²) in [6.45, 7) is 2.84. The lowest BCUT2D eigenvalue weighted by Gasteiger charge is -2.26. The maximum atomic E-state index is 5.44. The van der Waals surface area contributed by atoms with Crippen molar-refractivity contribution in [2.24, 2.45) is 5.84 Å². The van der Waals surface area contributed by atoms with Crippen molar-refractivity contribution in [3.63, 3.8) is 0 Å². The standard InChI is InChI=1S/C12H15N7OS/c13-18-10-15-11(19-5-7-20-8-6-19)17-12(16-10)21-9-3-1-2-4-14-9/h1-4H,5-8,13H2,(H,15,16,17,18). The minimum atomic E-state index is 0.338. The number of hydrogen-bond donors (Lipinski definition) is 2. The molecule has 0 amide bonds. The molecule has 0 saturated carbocycles. The molecule has 1 aliphatic heterocycles. The fourth-order valence-corrected chi connectivity index (χ4v) is 2.57. The van der Waals surface area contributed by atoms with Gasteiger partial charge >= 0.3 is 0 Å². The normalized spacial score (nSPS) is 15.0. The van der Waals surface area contributed by atoms with Gasteiger partial charge in [-0.25, -0.2) is 10.8 Å². The molecule has 0 radical (unpaired) electrons. The van der Waals surface area contributed by atoms with Crippen LogP contribution in [-0.4, -0.2) is 46.2 Å². The number of rotatable bonds is 4. The molecule has 8 nitrogen and oxygen atoms in total. The van der Waals surface area contributed by atoms with Crippen molar-refractivity contribution in [3.05, 3.63) is 24.4 Å². The molecule has 3 N–H and O–H groups in total. The maximum Gasteiger partial charge on any atom is 0.242 e. The van der Waals surface area contributed by atoms with Gasteiger partial charge in [-0.3, -0.25) is 5.43 Å². The smallest absolute Gasteiger partial charge is 0.242 e. The van der Waals surface area contributed by atoms with Gasteiger partial charge in [0.05, 0.1) is 13.2 Å². The first-order valence-electron chi connectivity index (χ1n) is 6.49. The summed E-state index contributed by atoms with van der Waals surface area (Å²) in [5, 5.41) is 1.37. The van der Waals surface area contributed by atoms with E-state index in [9.17, 15) is 0 Å². The number of nitrogens with one attached hydrogen (secondary N) is 1. The fourth-order valence-electron chi connectivity index (χ4n) is 1.86. The van der Waals surface area contributed by atoms with E-state index in [1.54, 1.807) is 6.20 Å². The number of nitrogens with zero attached hydrogens (tertiary/aromatic N) is 5. The summed E-state index contributed by atoms with van der Waals surface area (Å²) >= 11 is 1.37. The Morgan fingerprint density at radius 1 is 1.19 bits per heavy atom. The van der Waals surface area contributed by atoms with Crippen LogP contribution in [0.3, 0.4) is 0 Å². The van der Waals surface area contributed by atoms with E-state index in [1.165, 1.54) is 11.8 Å². The largest absolute Gasteiger partial charge is 0.378 e. The number of hydrazine groups is 1. The second-order valence-corrected chi connectivity index (χ2v) is 5.24. The molecule has 1 fully saturated rings. The van der Waals surface area contributed by atoms with Crippen molar-refractivity contribution < 1.29 is 4.74 Å². The monoisotopic (exact) mass is 305 g/mol. The van der Waals surface area contributed by atoms with Gasteiger partial charge in [-0.05, 0) is 23.9 Å². The molecule has 0 bridgehead atoms. The second-order valence-electron chi connectivity index (χ2n) is 4.26. The van der Waals surface area contributed by atoms with Crippen LogP contribution in [-0.2, 0) is 4.74 Å². The Labute approximate surface area is 126 Å². The van der Waals surface area contributed by atoms with Gasteiger partial charge in [0, 0.05) is 19.3 Å². The number of ether oxygens (including phenoxy) is 1. The van der Waals surface area contributed by atoms with Crippen LogP contribution >= 0.6 is 11.8 Å². The van der Waals surface area contributed by atoms with Gasteiger partial charge < -0.3 is 9.64 Å². The highest BCUT2D eigenvalue weighted by atomic mass is 32.2. The summed E-state index contributed by atoms with van der Waals surface area (Å²) in [6, 6.07) is 5.68. The van der Waals surface area contributed by atoms with E-state index < -0.39 is 0 Å². The molecule has 21 heavy (non-hydrogen) atoms. The molecule has 2 aromatic rings. The molecule has 0 aromatic carbocycles. The molecule has 2 aromatic heterocycles. The lowest BCUT2D eigenvalue weighted by molar-refractivity contribution is 0.122. The zero-order valence-electron chi connectivity index (χ0n) is 11.3. The molecule has 0 atom stereocenters. The van der Waals surface area contributed by atoms with Crippen LogP contribution in [0.2, 0.25) is 0 Å². The van der Waals surface area contributed by atoms with Gasteiger partial charge in [-0.15, -0.1) is 0 Å². The zero-order valence-corrected chi connectivity index (χ0v) is 12.1. The molecular weight excluding hydrogens is 290 g/mol. The zero-order chi connectivity index (χ0) is 14.5. The van der Waals surface area contributed by atoms with E-state index in [-0.39, 0.29) is 0 Å². The van der Waals surface area contributed by atoms with E-state index in [1.807, 2.05) is 18.2 Å². The van der Waals surface area contributed by atoms with E-state index in [0.717, 1.165) is 18.1 Å². The predicted octanol–water partition coefficient (Wildman–Crippen LogP) is 0.540. The number of nitrogen functional groups attached to an aromatic ring is 1. The number of anilines is 2. The van der Waals surface area contributed by atoms with Crippen molar-refractivity contribution in [1.82, 2.24) is 19.9 Å². The summed E-state index contributed by atoms with van der Waals surface area (Å²) in [5.74, 6) is 6.37. The quantitative estimate of drug-likeness (QED) is 0.619. The van der Waals surface area contributed by atoms with Crippen molar-refractivity contribution in [3.8, 4) is 0 Å². The van der Waals surface area contributed by atoms with Gasteiger partial charge in [-0.1, -0.05) is 6.07 Å². The first-order chi connectivity index (χ1) is 10.3. The Morgan fingerprint density at radius 3 is 2.76 bits per heavy atom. The molecule has 0 spiro atoms. The molecule has 9 heteroatoms. The van der Waals surface area contributed by atoms with Crippen LogP contribution in [0.4, 0.5) is 11.9 Å². The van der Waals surface area contributed by atoms with Gasteiger partial charge in [0.2, 0.25) is 17.1 Å². The van der Waals surface area contributed by atoms with Crippen LogP contribution in [0.15, 0.2) is 34.6 Å². The molecule has 0 aliphatic carbocycles. The lowest BCUT2D eigenvalue weighted by atomic mass is 10.4. The van der Waals surface area contributed by atoms with Gasteiger partial charge in [-0.2, -0.15) is 15.0 Å². The van der Waals surface area contributed by atoms with Crippen molar-refractivity contribution in [1.29, 1.82) is 0 Å². The third-order valence-corrected chi connectivity index (χ3v) is 3.68. The molecular formula is C12H15N7OS. The topological polar surface area (TPSA) is 102 Å². The summed E-state index contributed by atoms with van der Waals surface area (Å²) in [7, 11) is 0. The van der Waals surface area contributed by atoms with Crippen LogP contribution in [0, 0.1) is 0 Å². The SMILES string of the molecule is NNc1nc(Sc2ccccn2)nc(N2CCOCC2)n1. The molecule has 1 saturated heterocycles. The third kappa shape index (κ3) is 3.57. The maximum absolute atomic E-state index is 5.44. The van der Waals surface area contributed by atoms with Crippen LogP contribution in [0.25, 0.3) is 0 Å². The highest BCUT2D eigenvalue weighted by Crippen LogP contribution is 2.24. The predicted molar refractivity (Wildman–Crippen MR) is 79.0 cm³/mol. The first-order valence-corrected chi connectivity index (χ1v) is 7.31. The van der Waals surface area contributed by atoms with Crippen LogP contribution < -0.4 is 16.2 Å². The lowest BCUT2D eigenvalue weighted by Crippen LogP contribution is -2.37. The summed E-state index contributed by atoms with van der Waals surface area (Å²) in [6.07, 6.45) is 1.73. The highest BCUT2D eigenvalue weighted by molar-refractivity contribution is 7.99. The average molecular weight is 305 g/mol. The van der Waals surface area contributed by atoms with Crippen LogP contribution in [0.5, 0.6) is 0 Å². The number of nitrogens with two attached hydrogens (primary N) is 1. The van der Waals surface area contributed by atoms with E-state index in [2.05, 4.69) is 30.3 Å². The Hall–Kier alpha value is -1.97. The summed E-state index contributed by atoms with van der Waals surface area (Å²) in [5.41, 5.74) is 2.48. The molecule has 0 unspecified atom stereocenters. The Bertz CT molecular complexity index is 591. The first kappa shape index (κ1) is 14.0. The van der Waals surface area contributed by atoms with Crippen LogP contribution in [0.1, 0.15) is 0 Å². The molecule has 110 valence electrons. The van der Waals surface area contributed by atoms with Crippen molar-refractivity contribution in [2.45, 2.75) is 10.2 Å². The van der Waals surface area contributed by atoms with E-state index >= 15 is 0 Å². The Balaban J connectivity index is 1.85. The number of pyridine rings is 1. The average Bonchev–Trinajstić information content (AvgIpc) is 2.56. The fraction of sp³-hybridized carbons (Fsp3) is 0.333. The highest BCUT2D eigenvalue weighted by Gasteiger charge is 2.16. The molecule has 1 aliphatic rings. The number of aromatic nitrogens is 4. The number of hydrogen-bond acceptors (Lipinski definition) is 9. The summed E-state index contributed by atoms with van der Waals surface area (Å²) < 4.78 is 5.34. The Morgan fingerprint density at radius 2 is 2.05 bits per heavy atom. The van der Waals surface area contributed by atoms with Gasteiger partial charge in [0.1, 0.15) is 5.03 Å². The third-order valence-electron chi connectivity index (χ3n) is 2.86.